The molecule has 0 aromatic carbocycles. The Morgan fingerprint density at radius 2 is 1.89 bits per heavy atom. The maximum absolute atomic E-state index is 11.8. The molecule has 2 N–H and O–H groups in total. The van der Waals surface area contributed by atoms with E-state index in [9.17, 15) is 14.7 Å². The molecule has 1 rings (SSSR count). The van der Waals surface area contributed by atoms with Crippen LogP contribution in [0.5, 0.6) is 5.88 Å². The van der Waals surface area contributed by atoms with Gasteiger partial charge in [0, 0.05) is 33.3 Å². The quantitative estimate of drug-likeness (QED) is 0.468. The Morgan fingerprint density at radius 1 is 1.26 bits per heavy atom. The molecule has 1 aromatic heterocycles. The minimum Gasteiger partial charge on any atom is -0.494 e. The van der Waals surface area contributed by atoms with Crippen LogP contribution in [0.1, 0.15) is 12.0 Å². The van der Waals surface area contributed by atoms with E-state index < -0.39 is 11.2 Å². The summed E-state index contributed by atoms with van der Waals surface area (Å²) in [7, 11) is 6.89. The van der Waals surface area contributed by atoms with E-state index in [1.165, 1.54) is 25.2 Å². The second-order valence-electron chi connectivity index (χ2n) is 4.79. The highest BCUT2D eigenvalue weighted by molar-refractivity contribution is 5.81. The van der Waals surface area contributed by atoms with Crippen molar-refractivity contribution >= 4 is 6.21 Å². The monoisotopic (exact) mass is 269 g/mol. The van der Waals surface area contributed by atoms with Crippen molar-refractivity contribution in [3.05, 3.63) is 26.4 Å². The molecule has 1 heterocycles. The molecule has 0 aliphatic carbocycles. The maximum atomic E-state index is 11.8. The summed E-state index contributed by atoms with van der Waals surface area (Å²) in [5.41, 5.74) is -1.06. The summed E-state index contributed by atoms with van der Waals surface area (Å²) in [5.74, 6) is -0.352. The molecule has 7 heteroatoms. The number of nitrogens with zero attached hydrogens (tertiary/aromatic N) is 3. The molecule has 0 saturated carbocycles. The largest absolute Gasteiger partial charge is 0.494 e. The molecule has 0 saturated heterocycles. The highest BCUT2D eigenvalue weighted by atomic mass is 16.3. The number of quaternary nitrogens is 1. The van der Waals surface area contributed by atoms with E-state index >= 15 is 0 Å². The van der Waals surface area contributed by atoms with Crippen LogP contribution in [0, 0.1) is 0 Å². The zero-order valence-corrected chi connectivity index (χ0v) is 11.8. The molecule has 0 aliphatic rings. The first-order valence-electron chi connectivity index (χ1n) is 6.14. The average Bonchev–Trinajstić information content (AvgIpc) is 2.37. The summed E-state index contributed by atoms with van der Waals surface area (Å²) in [5, 5.41) is 9.78. The van der Waals surface area contributed by atoms with Gasteiger partial charge in [0.05, 0.1) is 20.6 Å². The van der Waals surface area contributed by atoms with Gasteiger partial charge < -0.3 is 10.0 Å². The second-order valence-corrected chi connectivity index (χ2v) is 4.79. The first-order chi connectivity index (χ1) is 8.86. The maximum Gasteiger partial charge on any atom is 0.333 e. The van der Waals surface area contributed by atoms with Crippen LogP contribution in [0.2, 0.25) is 0 Å². The van der Waals surface area contributed by atoms with Crippen LogP contribution in [0.15, 0.2) is 14.6 Å². The first kappa shape index (κ1) is 15.2. The minimum absolute atomic E-state index is 0.0433. The highest BCUT2D eigenvalue weighted by Gasteiger charge is 2.12. The lowest BCUT2D eigenvalue weighted by Gasteiger charge is -2.07. The van der Waals surface area contributed by atoms with Crippen molar-refractivity contribution in [2.45, 2.75) is 6.42 Å². The summed E-state index contributed by atoms with van der Waals surface area (Å²) >= 11 is 0. The van der Waals surface area contributed by atoms with E-state index in [-0.39, 0.29) is 11.4 Å². The van der Waals surface area contributed by atoms with Crippen LogP contribution in [-0.2, 0) is 14.1 Å². The molecule has 0 unspecified atom stereocenters. The van der Waals surface area contributed by atoms with Gasteiger partial charge in [0.15, 0.2) is 0 Å². The number of aromatic nitrogens is 2. The molecule has 19 heavy (non-hydrogen) atoms. The van der Waals surface area contributed by atoms with Crippen molar-refractivity contribution in [3.63, 3.8) is 0 Å². The number of nitrogens with one attached hydrogen (secondary N) is 1. The standard InChI is InChI=1S/C12H20N4O3/c1-14(2)7-5-6-13-8-9-10(17)15(3)12(19)16(4)11(9)18/h8,17H,5-7H2,1-4H3/p+1. The Kier molecular flexibility index (Phi) is 5.05. The van der Waals surface area contributed by atoms with Crippen LogP contribution in [0.25, 0.3) is 0 Å². The predicted octanol–water partition coefficient (Wildman–Crippen LogP) is -2.26. The Hall–Kier alpha value is -1.89. The molecule has 0 amide bonds. The van der Waals surface area contributed by atoms with E-state index in [4.69, 9.17) is 0 Å². The second kappa shape index (κ2) is 6.33. The molecule has 1 aromatic rings. The van der Waals surface area contributed by atoms with Crippen molar-refractivity contribution in [2.24, 2.45) is 19.1 Å². The molecule has 106 valence electrons. The molecule has 0 aliphatic heterocycles. The van der Waals surface area contributed by atoms with Gasteiger partial charge in [-0.15, -0.1) is 0 Å². The van der Waals surface area contributed by atoms with E-state index in [0.29, 0.717) is 6.54 Å². The van der Waals surface area contributed by atoms with Crippen molar-refractivity contribution in [1.82, 2.24) is 9.13 Å². The van der Waals surface area contributed by atoms with Gasteiger partial charge >= 0.3 is 5.69 Å². The Balaban J connectivity index is 2.94. The number of aromatic hydroxyl groups is 1. The van der Waals surface area contributed by atoms with Gasteiger partial charge in [-0.3, -0.25) is 18.9 Å². The Morgan fingerprint density at radius 3 is 2.47 bits per heavy atom. The van der Waals surface area contributed by atoms with Crippen LogP contribution >= 0.6 is 0 Å². The first-order valence-corrected chi connectivity index (χ1v) is 6.14. The molecule has 0 spiro atoms. The normalized spacial score (nSPS) is 11.6. The third kappa shape index (κ3) is 3.54. The fourth-order valence-electron chi connectivity index (χ4n) is 1.65. The van der Waals surface area contributed by atoms with E-state index in [2.05, 4.69) is 19.1 Å². The number of hydrogen-bond acceptors (Lipinski definition) is 4. The van der Waals surface area contributed by atoms with Crippen LogP contribution < -0.4 is 16.1 Å². The van der Waals surface area contributed by atoms with E-state index in [0.717, 1.165) is 22.1 Å². The van der Waals surface area contributed by atoms with E-state index in [1.54, 1.807) is 0 Å². The molecule has 7 nitrogen and oxygen atoms in total. The minimum atomic E-state index is -0.559. The third-order valence-electron chi connectivity index (χ3n) is 2.85. The fraction of sp³-hybridized carbons (Fsp3) is 0.583. The van der Waals surface area contributed by atoms with Gasteiger partial charge in [-0.1, -0.05) is 0 Å². The van der Waals surface area contributed by atoms with Crippen molar-refractivity contribution in [2.75, 3.05) is 27.2 Å². The lowest BCUT2D eigenvalue weighted by Crippen LogP contribution is -3.05. The molecular weight excluding hydrogens is 248 g/mol. The van der Waals surface area contributed by atoms with Gasteiger partial charge in [0.25, 0.3) is 5.56 Å². The average molecular weight is 269 g/mol. The number of hydrogen-bond donors (Lipinski definition) is 2. The lowest BCUT2D eigenvalue weighted by molar-refractivity contribution is -0.858. The summed E-state index contributed by atoms with van der Waals surface area (Å²) in [4.78, 5) is 28.8. The third-order valence-corrected chi connectivity index (χ3v) is 2.85. The predicted molar refractivity (Wildman–Crippen MR) is 73.3 cm³/mol. The fourth-order valence-corrected chi connectivity index (χ4v) is 1.65. The number of rotatable bonds is 5. The van der Waals surface area contributed by atoms with Crippen LogP contribution in [0.4, 0.5) is 0 Å². The van der Waals surface area contributed by atoms with Gasteiger partial charge in [0.2, 0.25) is 5.88 Å². The summed E-state index contributed by atoms with van der Waals surface area (Å²) in [6.07, 6.45) is 2.23. The van der Waals surface area contributed by atoms with Gasteiger partial charge in [-0.05, 0) is 0 Å². The zero-order chi connectivity index (χ0) is 14.6. The molecule has 0 bridgehead atoms. The SMILES string of the molecule is Cn1c(O)c(C=NCCC[NH+](C)C)c(=O)n(C)c1=O. The molecule has 0 radical (unpaired) electrons. The van der Waals surface area contributed by atoms with Gasteiger partial charge in [0.1, 0.15) is 5.56 Å². The topological polar surface area (TPSA) is 81.0 Å². The van der Waals surface area contributed by atoms with Crippen molar-refractivity contribution in [1.29, 1.82) is 0 Å². The Bertz CT molecular complexity index is 584. The number of aliphatic imine (C=N–C) groups is 1. The van der Waals surface area contributed by atoms with Crippen LogP contribution in [0.3, 0.4) is 0 Å². The lowest BCUT2D eigenvalue weighted by atomic mass is 10.3. The smallest absolute Gasteiger partial charge is 0.333 e. The van der Waals surface area contributed by atoms with Gasteiger partial charge in [-0.25, -0.2) is 4.79 Å². The highest BCUT2D eigenvalue weighted by Crippen LogP contribution is 2.05. The summed E-state index contributed by atoms with van der Waals surface area (Å²) < 4.78 is 1.97. The molecular formula is C12H21N4O3+. The Labute approximate surface area is 111 Å². The molecule has 0 fully saturated rings. The summed E-state index contributed by atoms with van der Waals surface area (Å²) in [6.45, 7) is 1.56. The zero-order valence-electron chi connectivity index (χ0n) is 11.8. The van der Waals surface area contributed by atoms with Crippen molar-refractivity contribution < 1.29 is 10.0 Å². The van der Waals surface area contributed by atoms with E-state index in [1.807, 2.05) is 0 Å². The summed E-state index contributed by atoms with van der Waals surface area (Å²) in [6, 6.07) is 0. The van der Waals surface area contributed by atoms with Crippen molar-refractivity contribution in [3.8, 4) is 5.88 Å². The van der Waals surface area contributed by atoms with Gasteiger partial charge in [-0.2, -0.15) is 0 Å². The van der Waals surface area contributed by atoms with Crippen LogP contribution in [-0.4, -0.2) is 47.6 Å². The molecule has 0 atom stereocenters.